The molecule has 2 aromatic rings. The van der Waals surface area contributed by atoms with Gasteiger partial charge in [-0.15, -0.1) is 0 Å². The molecule has 1 fully saturated rings. The molecule has 7 nitrogen and oxygen atoms in total. The number of carbonyl (C=O) groups excluding carboxylic acids is 2. The Hall–Kier alpha value is -2.67. The molecule has 3 rings (SSSR count). The van der Waals surface area contributed by atoms with Crippen LogP contribution in [0.25, 0.3) is 10.9 Å². The van der Waals surface area contributed by atoms with Gasteiger partial charge in [-0.2, -0.15) is 0 Å². The number of amides is 1. The standard InChI is InChI=1S/C19H23N3O4/c1-13-18(24)22(12-17(23)26-3)9-8-21(13)11-15-10-14-6-4-5-7-16(14)20(2)19(15)25/h4-7,10,13H,8-9,11-12H2,1-3H3/t13-/m0/s1. The molecule has 26 heavy (non-hydrogen) atoms. The summed E-state index contributed by atoms with van der Waals surface area (Å²) < 4.78 is 6.28. The number of nitrogens with zero attached hydrogens (tertiary/aromatic N) is 3. The summed E-state index contributed by atoms with van der Waals surface area (Å²) in [4.78, 5) is 40.1. The Bertz CT molecular complexity index is 905. The molecule has 1 aromatic heterocycles. The van der Waals surface area contributed by atoms with Gasteiger partial charge < -0.3 is 14.2 Å². The zero-order valence-electron chi connectivity index (χ0n) is 15.3. The van der Waals surface area contributed by atoms with Crippen molar-refractivity contribution in [1.29, 1.82) is 0 Å². The van der Waals surface area contributed by atoms with E-state index in [-0.39, 0.29) is 18.0 Å². The largest absolute Gasteiger partial charge is 0.468 e. The molecule has 1 aliphatic rings. The number of aromatic nitrogens is 1. The van der Waals surface area contributed by atoms with Crippen molar-refractivity contribution in [3.05, 3.63) is 46.2 Å². The van der Waals surface area contributed by atoms with Gasteiger partial charge in [0.1, 0.15) is 6.54 Å². The van der Waals surface area contributed by atoms with E-state index >= 15 is 0 Å². The SMILES string of the molecule is COC(=O)CN1CCN(Cc2cc3ccccc3n(C)c2=O)[C@@H](C)C1=O. The number of hydrogen-bond donors (Lipinski definition) is 0. The molecular formula is C19H23N3O4. The van der Waals surface area contributed by atoms with Crippen LogP contribution >= 0.6 is 0 Å². The number of rotatable bonds is 4. The van der Waals surface area contributed by atoms with E-state index in [0.717, 1.165) is 10.9 Å². The lowest BCUT2D eigenvalue weighted by Gasteiger charge is -2.38. The molecule has 0 saturated carbocycles. The van der Waals surface area contributed by atoms with Crippen LogP contribution in [-0.4, -0.2) is 59.0 Å². The number of ether oxygens (including phenoxy) is 1. The maximum atomic E-state index is 12.7. The minimum atomic E-state index is -0.428. The zero-order chi connectivity index (χ0) is 18.8. The third-order valence-corrected chi connectivity index (χ3v) is 5.00. The normalized spacial score (nSPS) is 18.3. The number of pyridine rings is 1. The van der Waals surface area contributed by atoms with E-state index in [0.29, 0.717) is 25.2 Å². The topological polar surface area (TPSA) is 71.8 Å². The van der Waals surface area contributed by atoms with Crippen LogP contribution in [0.4, 0.5) is 0 Å². The van der Waals surface area contributed by atoms with E-state index in [4.69, 9.17) is 0 Å². The number of carbonyl (C=O) groups is 2. The van der Waals surface area contributed by atoms with Crippen molar-refractivity contribution in [2.24, 2.45) is 7.05 Å². The van der Waals surface area contributed by atoms with Crippen molar-refractivity contribution in [3.63, 3.8) is 0 Å². The number of esters is 1. The number of hydrogen-bond acceptors (Lipinski definition) is 5. The van der Waals surface area contributed by atoms with Gasteiger partial charge in [0, 0.05) is 32.2 Å². The van der Waals surface area contributed by atoms with Crippen LogP contribution in [0.5, 0.6) is 0 Å². The molecule has 1 aliphatic heterocycles. The fourth-order valence-electron chi connectivity index (χ4n) is 3.39. The van der Waals surface area contributed by atoms with E-state index in [9.17, 15) is 14.4 Å². The highest BCUT2D eigenvalue weighted by atomic mass is 16.5. The van der Waals surface area contributed by atoms with Crippen LogP contribution < -0.4 is 5.56 Å². The number of para-hydroxylation sites is 1. The highest BCUT2D eigenvalue weighted by molar-refractivity contribution is 5.86. The molecule has 0 radical (unpaired) electrons. The van der Waals surface area contributed by atoms with E-state index in [2.05, 4.69) is 4.74 Å². The quantitative estimate of drug-likeness (QED) is 0.755. The molecule has 0 spiro atoms. The van der Waals surface area contributed by atoms with Gasteiger partial charge in [0.05, 0.1) is 18.7 Å². The lowest BCUT2D eigenvalue weighted by atomic mass is 10.1. The van der Waals surface area contributed by atoms with Gasteiger partial charge in [0.15, 0.2) is 0 Å². The predicted octanol–water partition coefficient (Wildman–Crippen LogP) is 0.744. The second-order valence-electron chi connectivity index (χ2n) is 6.57. The first kappa shape index (κ1) is 18.1. The van der Waals surface area contributed by atoms with Crippen LogP contribution in [0, 0.1) is 0 Å². The molecule has 1 atom stereocenters. The number of aryl methyl sites for hydroxylation is 1. The summed E-state index contributed by atoms with van der Waals surface area (Å²) in [6.45, 7) is 3.20. The molecule has 0 bridgehead atoms. The van der Waals surface area contributed by atoms with Gasteiger partial charge >= 0.3 is 5.97 Å². The summed E-state index contributed by atoms with van der Waals surface area (Å²) >= 11 is 0. The van der Waals surface area contributed by atoms with E-state index in [1.807, 2.05) is 35.2 Å². The van der Waals surface area contributed by atoms with Gasteiger partial charge in [-0.1, -0.05) is 18.2 Å². The number of benzene rings is 1. The van der Waals surface area contributed by atoms with Gasteiger partial charge in [0.2, 0.25) is 5.91 Å². The van der Waals surface area contributed by atoms with Crippen molar-refractivity contribution in [2.75, 3.05) is 26.7 Å². The maximum Gasteiger partial charge on any atom is 0.325 e. The van der Waals surface area contributed by atoms with E-state index in [1.165, 1.54) is 12.0 Å². The first-order valence-electron chi connectivity index (χ1n) is 8.59. The van der Waals surface area contributed by atoms with Crippen LogP contribution in [0.3, 0.4) is 0 Å². The highest BCUT2D eigenvalue weighted by Crippen LogP contribution is 2.17. The lowest BCUT2D eigenvalue weighted by molar-refractivity contribution is -0.151. The van der Waals surface area contributed by atoms with E-state index < -0.39 is 12.0 Å². The summed E-state index contributed by atoms with van der Waals surface area (Å²) in [5.41, 5.74) is 1.49. The van der Waals surface area contributed by atoms with Crippen LogP contribution in [-0.2, 0) is 27.9 Å². The lowest BCUT2D eigenvalue weighted by Crippen LogP contribution is -2.56. The monoisotopic (exact) mass is 357 g/mol. The van der Waals surface area contributed by atoms with Gasteiger partial charge in [-0.3, -0.25) is 19.3 Å². The van der Waals surface area contributed by atoms with Gasteiger partial charge in [0.25, 0.3) is 5.56 Å². The van der Waals surface area contributed by atoms with Crippen molar-refractivity contribution < 1.29 is 14.3 Å². The van der Waals surface area contributed by atoms with Crippen LogP contribution in [0.15, 0.2) is 35.1 Å². The van der Waals surface area contributed by atoms with Gasteiger partial charge in [-0.25, -0.2) is 0 Å². The molecule has 2 heterocycles. The fourth-order valence-corrected chi connectivity index (χ4v) is 3.39. The Balaban J connectivity index is 1.81. The summed E-state index contributed by atoms with van der Waals surface area (Å²) in [5.74, 6) is -0.554. The first-order chi connectivity index (χ1) is 12.4. The van der Waals surface area contributed by atoms with Crippen molar-refractivity contribution >= 4 is 22.8 Å². The second-order valence-corrected chi connectivity index (χ2v) is 6.57. The maximum absolute atomic E-state index is 12.7. The summed E-state index contributed by atoms with van der Waals surface area (Å²) in [7, 11) is 3.07. The van der Waals surface area contributed by atoms with Crippen molar-refractivity contribution in [3.8, 4) is 0 Å². The van der Waals surface area contributed by atoms with E-state index in [1.54, 1.807) is 18.5 Å². The first-order valence-corrected chi connectivity index (χ1v) is 8.59. The van der Waals surface area contributed by atoms with Crippen LogP contribution in [0.2, 0.25) is 0 Å². The average molecular weight is 357 g/mol. The Labute approximate surface area is 151 Å². The Morgan fingerprint density at radius 3 is 2.69 bits per heavy atom. The smallest absolute Gasteiger partial charge is 0.325 e. The molecule has 0 aliphatic carbocycles. The number of fused-ring (bicyclic) bond motifs is 1. The third kappa shape index (κ3) is 3.35. The minimum Gasteiger partial charge on any atom is -0.468 e. The van der Waals surface area contributed by atoms with Crippen molar-refractivity contribution in [2.45, 2.75) is 19.5 Å². The Morgan fingerprint density at radius 1 is 1.23 bits per heavy atom. The third-order valence-electron chi connectivity index (χ3n) is 5.00. The molecule has 1 aromatic carbocycles. The molecule has 138 valence electrons. The number of methoxy groups -OCH3 is 1. The minimum absolute atomic E-state index is 0.0365. The molecule has 0 unspecified atom stereocenters. The Kier molecular flexibility index (Phi) is 5.08. The molecule has 7 heteroatoms. The summed E-state index contributed by atoms with van der Waals surface area (Å²) in [6.07, 6.45) is 0. The van der Waals surface area contributed by atoms with Gasteiger partial charge in [-0.05, 0) is 24.4 Å². The molecule has 1 saturated heterocycles. The van der Waals surface area contributed by atoms with Crippen molar-refractivity contribution in [1.82, 2.24) is 14.4 Å². The predicted molar refractivity (Wildman–Crippen MR) is 97.7 cm³/mol. The fraction of sp³-hybridized carbons (Fsp3) is 0.421. The van der Waals surface area contributed by atoms with Crippen LogP contribution in [0.1, 0.15) is 12.5 Å². The Morgan fingerprint density at radius 2 is 1.96 bits per heavy atom. The average Bonchev–Trinajstić information content (AvgIpc) is 2.65. The summed E-state index contributed by atoms with van der Waals surface area (Å²) in [6, 6.07) is 9.23. The highest BCUT2D eigenvalue weighted by Gasteiger charge is 2.32. The molecule has 0 N–H and O–H groups in total. The molecular weight excluding hydrogens is 334 g/mol. The second kappa shape index (κ2) is 7.29. The summed E-state index contributed by atoms with van der Waals surface area (Å²) in [5, 5.41) is 0.993. The zero-order valence-corrected chi connectivity index (χ0v) is 15.3. The number of piperazine rings is 1. The molecule has 1 amide bonds.